The Morgan fingerprint density at radius 2 is 2.00 bits per heavy atom. The van der Waals surface area contributed by atoms with Crippen LogP contribution < -0.4 is 5.32 Å². The summed E-state index contributed by atoms with van der Waals surface area (Å²) in [5.41, 5.74) is 0. The van der Waals surface area contributed by atoms with E-state index < -0.39 is 18.3 Å². The molecular formula is C13H26N2O3. The molecular weight excluding hydrogens is 232 g/mol. The highest BCUT2D eigenvalue weighted by Crippen LogP contribution is 2.28. The molecule has 0 aromatic carbocycles. The molecule has 4 N–H and O–H groups in total. The molecule has 0 aromatic rings. The van der Waals surface area contributed by atoms with Crippen molar-refractivity contribution in [3.63, 3.8) is 0 Å². The summed E-state index contributed by atoms with van der Waals surface area (Å²) in [7, 11) is 0. The topological polar surface area (TPSA) is 76.0 Å². The van der Waals surface area contributed by atoms with Gasteiger partial charge in [-0.3, -0.25) is 4.90 Å². The summed E-state index contributed by atoms with van der Waals surface area (Å²) in [4.78, 5) is 2.10. The van der Waals surface area contributed by atoms with E-state index in [1.54, 1.807) is 0 Å². The summed E-state index contributed by atoms with van der Waals surface area (Å²) in [6, 6.07) is -0.0615. The summed E-state index contributed by atoms with van der Waals surface area (Å²) in [5, 5.41) is 33.5. The molecule has 2 aliphatic rings. The number of aliphatic hydroxyl groups is 3. The maximum absolute atomic E-state index is 10.2. The molecule has 0 aliphatic carbocycles. The van der Waals surface area contributed by atoms with Gasteiger partial charge in [0.25, 0.3) is 0 Å². The highest BCUT2D eigenvalue weighted by Gasteiger charge is 2.48. The predicted octanol–water partition coefficient (Wildman–Crippen LogP) is -0.696. The quantitative estimate of drug-likeness (QED) is 0.537. The maximum atomic E-state index is 10.2. The molecule has 0 amide bonds. The van der Waals surface area contributed by atoms with E-state index in [2.05, 4.69) is 24.1 Å². The number of hydrogen-bond acceptors (Lipinski definition) is 5. The van der Waals surface area contributed by atoms with Gasteiger partial charge in [0.1, 0.15) is 0 Å². The number of fused-ring (bicyclic) bond motifs is 1. The van der Waals surface area contributed by atoms with Crippen LogP contribution in [-0.4, -0.2) is 69.7 Å². The Morgan fingerprint density at radius 1 is 1.28 bits per heavy atom. The molecule has 2 fully saturated rings. The molecule has 5 heteroatoms. The Bertz CT molecular complexity index is 277. The van der Waals surface area contributed by atoms with E-state index in [0.717, 1.165) is 19.4 Å². The second kappa shape index (κ2) is 5.84. The van der Waals surface area contributed by atoms with E-state index in [1.807, 2.05) is 0 Å². The van der Waals surface area contributed by atoms with Crippen molar-refractivity contribution in [2.75, 3.05) is 13.1 Å². The minimum Gasteiger partial charge on any atom is -0.391 e. The van der Waals surface area contributed by atoms with Crippen LogP contribution in [0.15, 0.2) is 0 Å². The van der Waals surface area contributed by atoms with Crippen molar-refractivity contribution in [1.29, 1.82) is 0 Å². The predicted molar refractivity (Wildman–Crippen MR) is 69.3 cm³/mol. The Hall–Kier alpha value is -0.200. The summed E-state index contributed by atoms with van der Waals surface area (Å²) < 4.78 is 0. The van der Waals surface area contributed by atoms with Crippen LogP contribution in [0.25, 0.3) is 0 Å². The lowest BCUT2D eigenvalue weighted by atomic mass is 9.91. The van der Waals surface area contributed by atoms with Gasteiger partial charge in [-0.2, -0.15) is 0 Å². The monoisotopic (exact) mass is 258 g/mol. The van der Waals surface area contributed by atoms with Crippen molar-refractivity contribution in [2.24, 2.45) is 0 Å². The van der Waals surface area contributed by atoms with Crippen LogP contribution >= 0.6 is 0 Å². The molecule has 0 bridgehead atoms. The van der Waals surface area contributed by atoms with Crippen molar-refractivity contribution < 1.29 is 15.3 Å². The number of nitrogens with one attached hydrogen (secondary N) is 1. The van der Waals surface area contributed by atoms with Gasteiger partial charge in [-0.05, 0) is 19.8 Å². The zero-order valence-corrected chi connectivity index (χ0v) is 11.3. The van der Waals surface area contributed by atoms with Gasteiger partial charge in [0.2, 0.25) is 0 Å². The van der Waals surface area contributed by atoms with Crippen molar-refractivity contribution in [3.05, 3.63) is 0 Å². The minimum absolute atomic E-state index is 0.108. The molecule has 0 saturated carbocycles. The molecule has 0 spiro atoms. The highest BCUT2D eigenvalue weighted by atomic mass is 16.3. The van der Waals surface area contributed by atoms with Gasteiger partial charge in [0.15, 0.2) is 0 Å². The van der Waals surface area contributed by atoms with Crippen LogP contribution in [0.4, 0.5) is 0 Å². The molecule has 2 heterocycles. The van der Waals surface area contributed by atoms with Crippen LogP contribution in [0.1, 0.15) is 33.1 Å². The SMILES string of the molecule is CCCC(C)N[C@H]1CN2CC[C@H](O)C2[C@@H](O)[C@@H]1O. The molecule has 0 aromatic heterocycles. The molecule has 18 heavy (non-hydrogen) atoms. The molecule has 0 radical (unpaired) electrons. The third-order valence-electron chi connectivity index (χ3n) is 4.29. The molecule has 6 atom stereocenters. The van der Waals surface area contributed by atoms with E-state index in [4.69, 9.17) is 0 Å². The Kier molecular flexibility index (Phi) is 4.61. The van der Waals surface area contributed by atoms with Crippen molar-refractivity contribution in [2.45, 2.75) is 69.5 Å². The Balaban J connectivity index is 1.97. The first-order valence-corrected chi connectivity index (χ1v) is 7.09. The van der Waals surface area contributed by atoms with Crippen LogP contribution in [0.2, 0.25) is 0 Å². The number of rotatable bonds is 4. The fourth-order valence-corrected chi connectivity index (χ4v) is 3.35. The average Bonchev–Trinajstić information content (AvgIpc) is 2.67. The summed E-state index contributed by atoms with van der Waals surface area (Å²) in [6.45, 7) is 5.74. The van der Waals surface area contributed by atoms with Crippen molar-refractivity contribution in [3.8, 4) is 0 Å². The number of nitrogens with zero attached hydrogens (tertiary/aromatic N) is 1. The molecule has 2 saturated heterocycles. The van der Waals surface area contributed by atoms with Gasteiger partial charge < -0.3 is 20.6 Å². The lowest BCUT2D eigenvalue weighted by molar-refractivity contribution is -0.103. The maximum Gasteiger partial charge on any atom is 0.0994 e. The normalized spacial score (nSPS) is 42.8. The molecule has 2 aliphatic heterocycles. The van der Waals surface area contributed by atoms with Gasteiger partial charge >= 0.3 is 0 Å². The van der Waals surface area contributed by atoms with E-state index in [-0.39, 0.29) is 12.1 Å². The second-order valence-electron chi connectivity index (χ2n) is 5.79. The number of aliphatic hydroxyl groups excluding tert-OH is 3. The Morgan fingerprint density at radius 3 is 2.67 bits per heavy atom. The fraction of sp³-hybridized carbons (Fsp3) is 1.00. The lowest BCUT2D eigenvalue weighted by Crippen LogP contribution is -2.65. The first-order chi connectivity index (χ1) is 8.54. The zero-order chi connectivity index (χ0) is 13.3. The van der Waals surface area contributed by atoms with Gasteiger partial charge in [-0.1, -0.05) is 13.3 Å². The number of piperidine rings is 1. The average molecular weight is 258 g/mol. The lowest BCUT2D eigenvalue weighted by Gasteiger charge is -2.44. The molecule has 2 rings (SSSR count). The van der Waals surface area contributed by atoms with E-state index in [9.17, 15) is 15.3 Å². The summed E-state index contributed by atoms with van der Waals surface area (Å²) in [5.74, 6) is 0. The summed E-state index contributed by atoms with van der Waals surface area (Å²) >= 11 is 0. The first kappa shape index (κ1) is 14.2. The van der Waals surface area contributed by atoms with Crippen LogP contribution in [-0.2, 0) is 0 Å². The minimum atomic E-state index is -0.859. The Labute approximate surface area is 109 Å². The van der Waals surface area contributed by atoms with E-state index in [0.29, 0.717) is 19.0 Å². The van der Waals surface area contributed by atoms with E-state index in [1.165, 1.54) is 0 Å². The van der Waals surface area contributed by atoms with Crippen LogP contribution in [0.5, 0.6) is 0 Å². The fourth-order valence-electron chi connectivity index (χ4n) is 3.35. The molecule has 106 valence electrons. The first-order valence-electron chi connectivity index (χ1n) is 7.09. The largest absolute Gasteiger partial charge is 0.391 e. The van der Waals surface area contributed by atoms with Gasteiger partial charge in [-0.25, -0.2) is 0 Å². The molecule has 2 unspecified atom stereocenters. The third-order valence-corrected chi connectivity index (χ3v) is 4.29. The van der Waals surface area contributed by atoms with Gasteiger partial charge in [0, 0.05) is 25.2 Å². The van der Waals surface area contributed by atoms with Crippen LogP contribution in [0.3, 0.4) is 0 Å². The van der Waals surface area contributed by atoms with E-state index >= 15 is 0 Å². The van der Waals surface area contributed by atoms with Gasteiger partial charge in [0.05, 0.1) is 24.4 Å². The van der Waals surface area contributed by atoms with Gasteiger partial charge in [-0.15, -0.1) is 0 Å². The number of hydrogen-bond donors (Lipinski definition) is 4. The summed E-state index contributed by atoms with van der Waals surface area (Å²) in [6.07, 6.45) is 0.686. The zero-order valence-electron chi connectivity index (χ0n) is 11.3. The second-order valence-corrected chi connectivity index (χ2v) is 5.79. The highest BCUT2D eigenvalue weighted by molar-refractivity contribution is 5.03. The van der Waals surface area contributed by atoms with Crippen molar-refractivity contribution in [1.82, 2.24) is 10.2 Å². The third kappa shape index (κ3) is 2.70. The smallest absolute Gasteiger partial charge is 0.0994 e. The van der Waals surface area contributed by atoms with Crippen molar-refractivity contribution >= 4 is 0 Å². The standard InChI is InChI=1S/C13H26N2O3/c1-3-4-8(2)14-9-7-15-6-5-10(16)11(15)13(18)12(9)17/h8-14,16-18H,3-7H2,1-2H3/t8?,9-,10-,11?,12+,13+/m0/s1. The van der Waals surface area contributed by atoms with Crippen LogP contribution in [0, 0.1) is 0 Å². The molecule has 5 nitrogen and oxygen atoms in total.